The molecule has 7 nitrogen and oxygen atoms in total. The molecule has 0 aromatic heterocycles. The first kappa shape index (κ1) is 9.59. The number of hydrogen-bond donors (Lipinski definition) is 2. The van der Waals surface area contributed by atoms with Gasteiger partial charge < -0.3 is 25.9 Å². The number of urea groups is 2. The van der Waals surface area contributed by atoms with Gasteiger partial charge in [0.2, 0.25) is 0 Å². The zero-order valence-corrected chi connectivity index (χ0v) is 7.37. The minimum absolute atomic E-state index is 0. The van der Waals surface area contributed by atoms with Crippen molar-refractivity contribution in [2.45, 2.75) is 12.3 Å². The van der Waals surface area contributed by atoms with Gasteiger partial charge in [0, 0.05) is 14.1 Å². The Morgan fingerprint density at radius 3 is 1.77 bits per heavy atom. The van der Waals surface area contributed by atoms with E-state index in [0.29, 0.717) is 0 Å². The topological polar surface area (TPSA) is 96.2 Å². The third-order valence-corrected chi connectivity index (χ3v) is 2.29. The molecule has 2 heterocycles. The Labute approximate surface area is 75.0 Å². The van der Waals surface area contributed by atoms with E-state index in [-0.39, 0.29) is 29.9 Å². The van der Waals surface area contributed by atoms with Crippen LogP contribution >= 0.6 is 0 Å². The number of hydrogen-bond acceptors (Lipinski definition) is 2. The fourth-order valence-electron chi connectivity index (χ4n) is 1.60. The van der Waals surface area contributed by atoms with Crippen LogP contribution in [0.3, 0.4) is 0 Å². The lowest BCUT2D eigenvalue weighted by Crippen LogP contribution is -2.42. The van der Waals surface area contributed by atoms with Crippen molar-refractivity contribution in [3.63, 3.8) is 0 Å². The molecule has 0 saturated carbocycles. The summed E-state index contributed by atoms with van der Waals surface area (Å²) in [4.78, 5) is 25.2. The zero-order chi connectivity index (χ0) is 8.88. The molecule has 2 aliphatic rings. The van der Waals surface area contributed by atoms with E-state index in [4.69, 9.17) is 0 Å². The van der Waals surface area contributed by atoms with Crippen molar-refractivity contribution >= 4 is 12.1 Å². The summed E-state index contributed by atoms with van der Waals surface area (Å²) in [7, 11) is 3.33. The van der Waals surface area contributed by atoms with Crippen LogP contribution in [0.4, 0.5) is 9.59 Å². The van der Waals surface area contributed by atoms with Crippen molar-refractivity contribution < 1.29 is 15.1 Å². The molecule has 4 N–H and O–H groups in total. The first-order valence-corrected chi connectivity index (χ1v) is 3.68. The normalized spacial score (nSPS) is 30.9. The fourth-order valence-corrected chi connectivity index (χ4v) is 1.60. The highest BCUT2D eigenvalue weighted by atomic mass is 16.2. The summed E-state index contributed by atoms with van der Waals surface area (Å²) < 4.78 is 0. The Morgan fingerprint density at radius 1 is 1.08 bits per heavy atom. The average molecular weight is 188 g/mol. The van der Waals surface area contributed by atoms with E-state index in [2.05, 4.69) is 10.6 Å². The lowest BCUT2D eigenvalue weighted by Gasteiger charge is -2.22. The molecule has 0 radical (unpaired) electrons. The second-order valence-electron chi connectivity index (χ2n) is 3.01. The molecule has 2 saturated heterocycles. The van der Waals surface area contributed by atoms with Gasteiger partial charge in [-0.25, -0.2) is 9.59 Å². The largest absolute Gasteiger partial charge is 0.412 e. The van der Waals surface area contributed by atoms with E-state index in [1.165, 1.54) is 9.80 Å². The van der Waals surface area contributed by atoms with Crippen LogP contribution in [0.25, 0.3) is 0 Å². The van der Waals surface area contributed by atoms with Crippen LogP contribution in [-0.2, 0) is 0 Å². The molecule has 2 rings (SSSR count). The van der Waals surface area contributed by atoms with Crippen LogP contribution in [0.2, 0.25) is 0 Å². The fraction of sp³-hybridized carbons (Fsp3) is 0.667. The number of carbonyl (C=O) groups is 2. The maximum atomic E-state index is 11.1. The van der Waals surface area contributed by atoms with Gasteiger partial charge in [0.15, 0.2) is 0 Å². The Hall–Kier alpha value is -1.50. The molecule has 0 unspecified atom stereocenters. The Morgan fingerprint density at radius 2 is 1.46 bits per heavy atom. The van der Waals surface area contributed by atoms with E-state index in [9.17, 15) is 9.59 Å². The predicted octanol–water partition coefficient (Wildman–Crippen LogP) is -1.88. The van der Waals surface area contributed by atoms with Gasteiger partial charge in [-0.05, 0) is 0 Å². The molecular formula is C6H12N4O3. The van der Waals surface area contributed by atoms with E-state index < -0.39 is 0 Å². The summed E-state index contributed by atoms with van der Waals surface area (Å²) in [6, 6.07) is -0.311. The van der Waals surface area contributed by atoms with Crippen molar-refractivity contribution in [3.8, 4) is 0 Å². The minimum atomic E-state index is -0.264. The third-order valence-electron chi connectivity index (χ3n) is 2.29. The number of carbonyl (C=O) groups excluding carboxylic acids is 2. The number of rotatable bonds is 0. The van der Waals surface area contributed by atoms with E-state index in [1.807, 2.05) is 0 Å². The van der Waals surface area contributed by atoms with Gasteiger partial charge in [-0.2, -0.15) is 0 Å². The van der Waals surface area contributed by atoms with Crippen LogP contribution in [0.5, 0.6) is 0 Å². The molecule has 4 amide bonds. The summed E-state index contributed by atoms with van der Waals surface area (Å²) in [5, 5.41) is 5.28. The first-order chi connectivity index (χ1) is 5.61. The van der Waals surface area contributed by atoms with Crippen LogP contribution in [0.1, 0.15) is 0 Å². The van der Waals surface area contributed by atoms with Crippen molar-refractivity contribution in [3.05, 3.63) is 0 Å². The van der Waals surface area contributed by atoms with Crippen molar-refractivity contribution in [2.24, 2.45) is 0 Å². The summed E-state index contributed by atoms with van der Waals surface area (Å²) >= 11 is 0. The summed E-state index contributed by atoms with van der Waals surface area (Å²) in [5.41, 5.74) is 0. The zero-order valence-electron chi connectivity index (χ0n) is 7.37. The van der Waals surface area contributed by atoms with Crippen molar-refractivity contribution in [1.29, 1.82) is 0 Å². The Bertz CT molecular complexity index is 232. The predicted molar refractivity (Wildman–Crippen MR) is 43.8 cm³/mol. The van der Waals surface area contributed by atoms with Gasteiger partial charge in [0.05, 0.1) is 0 Å². The summed E-state index contributed by atoms with van der Waals surface area (Å²) in [6.07, 6.45) is -0.454. The monoisotopic (exact) mass is 188 g/mol. The van der Waals surface area contributed by atoms with E-state index >= 15 is 0 Å². The number of fused-ring (bicyclic) bond motifs is 1. The minimum Gasteiger partial charge on any atom is -0.412 e. The maximum absolute atomic E-state index is 11.1. The molecule has 0 atom stereocenters. The summed E-state index contributed by atoms with van der Waals surface area (Å²) in [6.45, 7) is 0. The molecule has 2 fully saturated rings. The van der Waals surface area contributed by atoms with Gasteiger partial charge in [-0.3, -0.25) is 0 Å². The lowest BCUT2D eigenvalue weighted by atomic mass is 10.4. The lowest BCUT2D eigenvalue weighted by molar-refractivity contribution is 0.162. The quantitative estimate of drug-likeness (QED) is 0.465. The number of nitrogens with zero attached hydrogens (tertiary/aromatic N) is 2. The van der Waals surface area contributed by atoms with Crippen LogP contribution in [-0.4, -0.2) is 53.8 Å². The highest BCUT2D eigenvalue weighted by Crippen LogP contribution is 2.18. The molecule has 0 aliphatic carbocycles. The van der Waals surface area contributed by atoms with Crippen LogP contribution in [0, 0.1) is 0 Å². The second kappa shape index (κ2) is 2.77. The maximum Gasteiger partial charge on any atom is 0.320 e. The van der Waals surface area contributed by atoms with Crippen LogP contribution < -0.4 is 10.6 Å². The SMILES string of the molecule is CN1C(=O)NC2NC(=O)N(C)C21.O. The molecule has 0 aromatic rings. The smallest absolute Gasteiger partial charge is 0.320 e. The standard InChI is InChI=1S/C6H10N4O2.H2O/c1-9-4-3(7-5(9)11)8-6(12)10(4)2;/h3-4H,1-2H3,(H,7,11)(H,8,12);1H2. The molecule has 74 valence electrons. The molecule has 2 aliphatic heterocycles. The molecule has 13 heavy (non-hydrogen) atoms. The third kappa shape index (κ3) is 1.08. The number of likely N-dealkylation sites (N-methyl/N-ethyl adjacent to an activating group) is 2. The highest BCUT2D eigenvalue weighted by Gasteiger charge is 2.47. The highest BCUT2D eigenvalue weighted by molar-refractivity contribution is 5.84. The average Bonchev–Trinajstić information content (AvgIpc) is 2.40. The van der Waals surface area contributed by atoms with Gasteiger partial charge in [0.1, 0.15) is 12.3 Å². The van der Waals surface area contributed by atoms with Gasteiger partial charge >= 0.3 is 12.1 Å². The van der Waals surface area contributed by atoms with Gasteiger partial charge in [-0.15, -0.1) is 0 Å². The molecule has 0 aromatic carbocycles. The first-order valence-electron chi connectivity index (χ1n) is 3.68. The Balaban J connectivity index is 0.000000845. The second-order valence-corrected chi connectivity index (χ2v) is 3.01. The van der Waals surface area contributed by atoms with E-state index in [0.717, 1.165) is 0 Å². The molecule has 0 bridgehead atoms. The summed E-state index contributed by atoms with van der Waals surface area (Å²) in [5.74, 6) is 0. The van der Waals surface area contributed by atoms with Gasteiger partial charge in [0.25, 0.3) is 0 Å². The van der Waals surface area contributed by atoms with Crippen LogP contribution in [0.15, 0.2) is 0 Å². The molecular weight excluding hydrogens is 176 g/mol. The Kier molecular flexibility index (Phi) is 2.04. The molecule has 7 heteroatoms. The van der Waals surface area contributed by atoms with Crippen molar-refractivity contribution in [2.75, 3.05) is 14.1 Å². The number of amides is 4. The van der Waals surface area contributed by atoms with Gasteiger partial charge in [-0.1, -0.05) is 0 Å². The number of nitrogens with one attached hydrogen (secondary N) is 2. The molecule has 0 spiro atoms. The van der Waals surface area contributed by atoms with E-state index in [1.54, 1.807) is 14.1 Å². The van der Waals surface area contributed by atoms with Crippen molar-refractivity contribution in [1.82, 2.24) is 20.4 Å².